The fourth-order valence-electron chi connectivity index (χ4n) is 3.31. The number of non-ortho nitro benzene ring substituents is 1. The van der Waals surface area contributed by atoms with Gasteiger partial charge in [-0.05, 0) is 36.5 Å². The number of carboxylic acid groups (broad SMARTS) is 1. The lowest BCUT2D eigenvalue weighted by Gasteiger charge is -2.23. The van der Waals surface area contributed by atoms with Gasteiger partial charge in [0.05, 0.1) is 10.5 Å². The zero-order valence-corrected chi connectivity index (χ0v) is 14.2. The van der Waals surface area contributed by atoms with Crippen molar-refractivity contribution in [1.29, 1.82) is 0 Å². The maximum Gasteiger partial charge on any atom is 0.335 e. The molecule has 2 aromatic carbocycles. The smallest absolute Gasteiger partial charge is 0.335 e. The first-order chi connectivity index (χ1) is 12.4. The largest absolute Gasteiger partial charge is 0.478 e. The third-order valence-electron chi connectivity index (χ3n) is 4.64. The highest BCUT2D eigenvalue weighted by atomic mass is 16.6. The molecule has 1 aliphatic heterocycles. The molecule has 7 nitrogen and oxygen atoms in total. The molecule has 2 aromatic rings. The van der Waals surface area contributed by atoms with E-state index in [1.54, 1.807) is 4.90 Å². The summed E-state index contributed by atoms with van der Waals surface area (Å²) < 4.78 is 0. The predicted molar refractivity (Wildman–Crippen MR) is 95.8 cm³/mol. The van der Waals surface area contributed by atoms with E-state index in [0.717, 1.165) is 36.2 Å². The van der Waals surface area contributed by atoms with Crippen LogP contribution in [0.5, 0.6) is 0 Å². The van der Waals surface area contributed by atoms with Gasteiger partial charge in [-0.1, -0.05) is 25.1 Å². The van der Waals surface area contributed by atoms with E-state index in [9.17, 15) is 24.8 Å². The van der Waals surface area contributed by atoms with Gasteiger partial charge in [0.2, 0.25) is 0 Å². The molecular formula is C19H18N2O5. The van der Waals surface area contributed by atoms with Gasteiger partial charge in [0.25, 0.3) is 11.6 Å². The van der Waals surface area contributed by atoms with Crippen LogP contribution in [-0.2, 0) is 0 Å². The van der Waals surface area contributed by atoms with Gasteiger partial charge in [0.15, 0.2) is 0 Å². The molecule has 0 spiro atoms. The Hall–Kier alpha value is -3.22. The van der Waals surface area contributed by atoms with E-state index >= 15 is 0 Å². The van der Waals surface area contributed by atoms with Crippen LogP contribution >= 0.6 is 0 Å². The second-order valence-corrected chi connectivity index (χ2v) is 6.39. The second kappa shape index (κ2) is 6.95. The second-order valence-electron chi connectivity index (χ2n) is 6.39. The van der Waals surface area contributed by atoms with E-state index in [-0.39, 0.29) is 11.1 Å². The lowest BCUT2D eigenvalue weighted by atomic mass is 9.96. The maximum absolute atomic E-state index is 13.1. The number of para-hydroxylation sites is 1. The summed E-state index contributed by atoms with van der Waals surface area (Å²) in [4.78, 5) is 36.4. The quantitative estimate of drug-likeness (QED) is 0.667. The zero-order valence-electron chi connectivity index (χ0n) is 14.2. The highest BCUT2D eigenvalue weighted by Crippen LogP contribution is 2.35. The first-order valence-electron chi connectivity index (χ1n) is 8.32. The highest BCUT2D eigenvalue weighted by Gasteiger charge is 2.27. The van der Waals surface area contributed by atoms with Crippen LogP contribution in [0.4, 0.5) is 11.4 Å². The molecule has 3 rings (SSSR count). The molecular weight excluding hydrogens is 336 g/mol. The van der Waals surface area contributed by atoms with Gasteiger partial charge in [-0.15, -0.1) is 0 Å². The Morgan fingerprint density at radius 3 is 2.58 bits per heavy atom. The Morgan fingerprint density at radius 2 is 1.88 bits per heavy atom. The van der Waals surface area contributed by atoms with Gasteiger partial charge in [0.1, 0.15) is 0 Å². The number of anilines is 1. The van der Waals surface area contributed by atoms with E-state index in [0.29, 0.717) is 12.5 Å². The normalized spacial score (nSPS) is 16.5. The number of carbonyl (C=O) groups is 2. The number of benzene rings is 2. The zero-order chi connectivity index (χ0) is 18.8. The van der Waals surface area contributed by atoms with E-state index in [4.69, 9.17) is 0 Å². The van der Waals surface area contributed by atoms with Gasteiger partial charge < -0.3 is 10.0 Å². The number of amides is 1. The summed E-state index contributed by atoms with van der Waals surface area (Å²) in [6, 6.07) is 10.9. The van der Waals surface area contributed by atoms with Crippen molar-refractivity contribution in [3.05, 3.63) is 69.3 Å². The molecule has 0 aliphatic carbocycles. The lowest BCUT2D eigenvalue weighted by molar-refractivity contribution is -0.384. The fraction of sp³-hybridized carbons (Fsp3) is 0.263. The van der Waals surface area contributed by atoms with Crippen molar-refractivity contribution >= 4 is 23.3 Å². The molecule has 0 saturated carbocycles. The average Bonchev–Trinajstić information content (AvgIpc) is 2.80. The molecule has 1 N–H and O–H groups in total. The minimum Gasteiger partial charge on any atom is -0.478 e. The number of carboxylic acids is 1. The summed E-state index contributed by atoms with van der Waals surface area (Å²) in [5.41, 5.74) is 1.12. The molecule has 7 heteroatoms. The van der Waals surface area contributed by atoms with Gasteiger partial charge in [-0.2, -0.15) is 0 Å². The van der Waals surface area contributed by atoms with E-state index in [2.05, 4.69) is 6.92 Å². The summed E-state index contributed by atoms with van der Waals surface area (Å²) >= 11 is 0. The van der Waals surface area contributed by atoms with Gasteiger partial charge in [-0.25, -0.2) is 4.79 Å². The standard InChI is InChI=1S/C19H18N2O5/c1-12-5-4-8-20(17-7-3-2-6-16(12)17)18(22)13-9-14(19(23)24)11-15(10-13)21(25)26/h2-3,6-7,9-12H,4-5,8H2,1H3,(H,23,24). The molecule has 1 amide bonds. The number of fused-ring (bicyclic) bond motifs is 1. The van der Waals surface area contributed by atoms with Crippen LogP contribution in [0.3, 0.4) is 0 Å². The van der Waals surface area contributed by atoms with Crippen LogP contribution in [0, 0.1) is 10.1 Å². The monoisotopic (exact) mass is 354 g/mol. The Labute approximate surface area is 150 Å². The molecule has 0 aromatic heterocycles. The Morgan fingerprint density at radius 1 is 1.19 bits per heavy atom. The topological polar surface area (TPSA) is 101 Å². The van der Waals surface area contributed by atoms with E-state index in [1.807, 2.05) is 24.3 Å². The Balaban J connectivity index is 2.08. The third kappa shape index (κ3) is 3.28. The van der Waals surface area contributed by atoms with Crippen molar-refractivity contribution in [2.45, 2.75) is 25.7 Å². The number of nitro benzene ring substituents is 1. The number of nitro groups is 1. The molecule has 1 heterocycles. The SMILES string of the molecule is CC1CCCN(C(=O)c2cc(C(=O)O)cc([N+](=O)[O-])c2)c2ccccc21. The lowest BCUT2D eigenvalue weighted by Crippen LogP contribution is -2.32. The maximum atomic E-state index is 13.1. The Bertz CT molecular complexity index is 861. The molecule has 1 unspecified atom stereocenters. The Kier molecular flexibility index (Phi) is 4.71. The van der Waals surface area contributed by atoms with Crippen LogP contribution in [0.15, 0.2) is 42.5 Å². The summed E-state index contributed by atoms with van der Waals surface area (Å²) in [7, 11) is 0. The number of carbonyl (C=O) groups excluding carboxylic acids is 1. The molecule has 0 fully saturated rings. The van der Waals surface area contributed by atoms with Gasteiger partial charge >= 0.3 is 5.97 Å². The van der Waals surface area contributed by atoms with Crippen LogP contribution in [0.2, 0.25) is 0 Å². The van der Waals surface area contributed by atoms with Crippen molar-refractivity contribution < 1.29 is 19.6 Å². The van der Waals surface area contributed by atoms with Crippen molar-refractivity contribution in [3.8, 4) is 0 Å². The minimum atomic E-state index is -1.31. The molecule has 1 aliphatic rings. The minimum absolute atomic E-state index is 0.000885. The highest BCUT2D eigenvalue weighted by molar-refractivity contribution is 6.08. The number of rotatable bonds is 3. The predicted octanol–water partition coefficient (Wildman–Crippen LogP) is 3.84. The molecule has 26 heavy (non-hydrogen) atoms. The van der Waals surface area contributed by atoms with E-state index in [1.165, 1.54) is 6.07 Å². The summed E-state index contributed by atoms with van der Waals surface area (Å²) in [5.74, 6) is -1.45. The van der Waals surface area contributed by atoms with Crippen LogP contribution in [0.25, 0.3) is 0 Å². The van der Waals surface area contributed by atoms with Crippen LogP contribution in [-0.4, -0.2) is 28.5 Å². The molecule has 1 atom stereocenters. The average molecular weight is 354 g/mol. The number of hydrogen-bond donors (Lipinski definition) is 1. The molecule has 134 valence electrons. The van der Waals surface area contributed by atoms with Crippen molar-refractivity contribution in [1.82, 2.24) is 0 Å². The fourth-order valence-corrected chi connectivity index (χ4v) is 3.31. The number of nitrogens with zero attached hydrogens (tertiary/aromatic N) is 2. The number of hydrogen-bond acceptors (Lipinski definition) is 4. The van der Waals surface area contributed by atoms with Crippen molar-refractivity contribution in [2.75, 3.05) is 11.4 Å². The first-order valence-corrected chi connectivity index (χ1v) is 8.32. The van der Waals surface area contributed by atoms with Crippen LogP contribution < -0.4 is 4.90 Å². The molecule has 0 bridgehead atoms. The first kappa shape index (κ1) is 17.6. The van der Waals surface area contributed by atoms with Gasteiger partial charge in [-0.3, -0.25) is 14.9 Å². The van der Waals surface area contributed by atoms with Crippen molar-refractivity contribution in [2.24, 2.45) is 0 Å². The van der Waals surface area contributed by atoms with Crippen molar-refractivity contribution in [3.63, 3.8) is 0 Å². The molecule has 0 saturated heterocycles. The third-order valence-corrected chi connectivity index (χ3v) is 4.64. The van der Waals surface area contributed by atoms with Crippen LogP contribution in [0.1, 0.15) is 52.0 Å². The number of aromatic carboxylic acids is 1. The van der Waals surface area contributed by atoms with E-state index < -0.39 is 22.5 Å². The summed E-state index contributed by atoms with van der Waals surface area (Å²) in [6.07, 6.45) is 1.72. The van der Waals surface area contributed by atoms with Gasteiger partial charge in [0, 0.05) is 29.9 Å². The summed E-state index contributed by atoms with van der Waals surface area (Å²) in [5, 5.41) is 20.3. The summed E-state index contributed by atoms with van der Waals surface area (Å²) in [6.45, 7) is 2.58. The molecule has 0 radical (unpaired) electrons.